The van der Waals surface area contributed by atoms with Crippen LogP contribution in [0, 0.1) is 5.41 Å². The Morgan fingerprint density at radius 3 is 3.00 bits per heavy atom. The molecule has 5 nitrogen and oxygen atoms in total. The molecule has 4 N–H and O–H groups in total. The Balaban J connectivity index is 2.38. The molecule has 6 heteroatoms. The van der Waals surface area contributed by atoms with E-state index in [0.717, 1.165) is 10.2 Å². The molecular weight excluding hydrogens is 310 g/mol. The SMILES string of the molecule is CC1COC(CO)CN1c1cc(Br)ccc1C(=N)N. The van der Waals surface area contributed by atoms with Crippen LogP contribution >= 0.6 is 15.9 Å². The minimum Gasteiger partial charge on any atom is -0.394 e. The first-order valence-electron chi connectivity index (χ1n) is 6.16. The van der Waals surface area contributed by atoms with Crippen LogP contribution in [0.5, 0.6) is 0 Å². The van der Waals surface area contributed by atoms with Gasteiger partial charge in [-0.2, -0.15) is 0 Å². The van der Waals surface area contributed by atoms with Gasteiger partial charge >= 0.3 is 0 Å². The normalized spacial score (nSPS) is 23.4. The van der Waals surface area contributed by atoms with Gasteiger partial charge in [-0.1, -0.05) is 15.9 Å². The molecule has 1 aliphatic heterocycles. The zero-order chi connectivity index (χ0) is 14.0. The summed E-state index contributed by atoms with van der Waals surface area (Å²) in [5.41, 5.74) is 7.25. The number of hydrogen-bond donors (Lipinski definition) is 3. The summed E-state index contributed by atoms with van der Waals surface area (Å²) in [6, 6.07) is 5.83. The van der Waals surface area contributed by atoms with Gasteiger partial charge in [-0.25, -0.2) is 0 Å². The maximum Gasteiger partial charge on any atom is 0.124 e. The fourth-order valence-corrected chi connectivity index (χ4v) is 2.58. The van der Waals surface area contributed by atoms with Gasteiger partial charge in [-0.3, -0.25) is 5.41 Å². The predicted molar refractivity (Wildman–Crippen MR) is 78.8 cm³/mol. The van der Waals surface area contributed by atoms with Crippen LogP contribution in [0.2, 0.25) is 0 Å². The van der Waals surface area contributed by atoms with Crippen LogP contribution < -0.4 is 10.6 Å². The van der Waals surface area contributed by atoms with E-state index in [2.05, 4.69) is 27.8 Å². The third-order valence-electron chi connectivity index (χ3n) is 3.27. The lowest BCUT2D eigenvalue weighted by Crippen LogP contribution is -2.50. The Labute approximate surface area is 121 Å². The summed E-state index contributed by atoms with van der Waals surface area (Å²) >= 11 is 3.45. The molecule has 0 amide bonds. The fourth-order valence-electron chi connectivity index (χ4n) is 2.23. The Kier molecular flexibility index (Phi) is 4.44. The third-order valence-corrected chi connectivity index (χ3v) is 3.76. The second kappa shape index (κ2) is 5.90. The zero-order valence-electron chi connectivity index (χ0n) is 10.8. The molecule has 0 aliphatic carbocycles. The van der Waals surface area contributed by atoms with E-state index in [0.29, 0.717) is 18.7 Å². The topological polar surface area (TPSA) is 82.6 Å². The molecule has 2 rings (SSSR count). The van der Waals surface area contributed by atoms with Crippen molar-refractivity contribution < 1.29 is 9.84 Å². The van der Waals surface area contributed by atoms with Gasteiger partial charge < -0.3 is 20.5 Å². The number of nitrogens with zero attached hydrogens (tertiary/aromatic N) is 1. The third kappa shape index (κ3) is 3.08. The number of nitrogens with one attached hydrogen (secondary N) is 1. The number of nitrogen functional groups attached to an aromatic ring is 1. The van der Waals surface area contributed by atoms with E-state index in [9.17, 15) is 5.11 Å². The van der Waals surface area contributed by atoms with Gasteiger partial charge in [-0.05, 0) is 25.1 Å². The van der Waals surface area contributed by atoms with E-state index in [4.69, 9.17) is 15.9 Å². The molecule has 1 aromatic rings. The number of aliphatic hydroxyl groups is 1. The summed E-state index contributed by atoms with van der Waals surface area (Å²) in [6.07, 6.45) is -0.199. The second-order valence-corrected chi connectivity index (χ2v) is 5.63. The number of halogens is 1. The molecule has 104 valence electrons. The van der Waals surface area contributed by atoms with Crippen molar-refractivity contribution >= 4 is 27.5 Å². The minimum atomic E-state index is -0.199. The average Bonchev–Trinajstić information content (AvgIpc) is 2.38. The largest absolute Gasteiger partial charge is 0.394 e. The van der Waals surface area contributed by atoms with Crippen molar-refractivity contribution in [1.29, 1.82) is 5.41 Å². The summed E-state index contributed by atoms with van der Waals surface area (Å²) in [5, 5.41) is 16.9. The van der Waals surface area contributed by atoms with Gasteiger partial charge in [0.25, 0.3) is 0 Å². The van der Waals surface area contributed by atoms with E-state index in [-0.39, 0.29) is 24.6 Å². The molecule has 2 unspecified atom stereocenters. The van der Waals surface area contributed by atoms with Crippen molar-refractivity contribution in [3.05, 3.63) is 28.2 Å². The van der Waals surface area contributed by atoms with Crippen molar-refractivity contribution in [3.63, 3.8) is 0 Å². The van der Waals surface area contributed by atoms with Gasteiger partial charge in [0.05, 0.1) is 19.3 Å². The van der Waals surface area contributed by atoms with Crippen molar-refractivity contribution in [2.45, 2.75) is 19.1 Å². The Hall–Kier alpha value is -1.11. The maximum absolute atomic E-state index is 9.25. The zero-order valence-corrected chi connectivity index (χ0v) is 12.4. The molecule has 1 aliphatic rings. The lowest BCUT2D eigenvalue weighted by Gasteiger charge is -2.40. The molecule has 1 aromatic carbocycles. The number of hydrogen-bond acceptors (Lipinski definition) is 4. The van der Waals surface area contributed by atoms with Crippen molar-refractivity contribution in [1.82, 2.24) is 0 Å². The highest BCUT2D eigenvalue weighted by molar-refractivity contribution is 9.10. The van der Waals surface area contributed by atoms with Crippen LogP contribution in [0.25, 0.3) is 0 Å². The molecule has 0 aromatic heterocycles. The van der Waals surface area contributed by atoms with Gasteiger partial charge in [0, 0.05) is 28.3 Å². The number of benzene rings is 1. The molecule has 0 saturated carbocycles. The highest BCUT2D eigenvalue weighted by Gasteiger charge is 2.27. The summed E-state index contributed by atoms with van der Waals surface area (Å²) in [4.78, 5) is 2.13. The molecule has 19 heavy (non-hydrogen) atoms. The summed E-state index contributed by atoms with van der Waals surface area (Å²) in [5.74, 6) is 0.0433. The van der Waals surface area contributed by atoms with Crippen molar-refractivity contribution in [2.75, 3.05) is 24.7 Å². The number of morpholine rings is 1. The first-order valence-corrected chi connectivity index (χ1v) is 6.95. The van der Waals surface area contributed by atoms with Crippen molar-refractivity contribution in [2.24, 2.45) is 5.73 Å². The number of ether oxygens (including phenoxy) is 1. The first kappa shape index (κ1) is 14.3. The maximum atomic E-state index is 9.25. The van der Waals surface area contributed by atoms with Crippen molar-refractivity contribution in [3.8, 4) is 0 Å². The summed E-state index contributed by atoms with van der Waals surface area (Å²) in [7, 11) is 0. The highest BCUT2D eigenvalue weighted by Crippen LogP contribution is 2.28. The quantitative estimate of drug-likeness (QED) is 0.577. The van der Waals surface area contributed by atoms with Crippen LogP contribution in [0.15, 0.2) is 22.7 Å². The van der Waals surface area contributed by atoms with Gasteiger partial charge in [0.2, 0.25) is 0 Å². The lowest BCUT2D eigenvalue weighted by molar-refractivity contribution is -0.0103. The second-order valence-electron chi connectivity index (χ2n) is 4.71. The van der Waals surface area contributed by atoms with Crippen LogP contribution in [0.3, 0.4) is 0 Å². The minimum absolute atomic E-state index is 0.00731. The molecule has 1 heterocycles. The molecule has 2 atom stereocenters. The van der Waals surface area contributed by atoms with Gasteiger partial charge in [-0.15, -0.1) is 0 Å². The highest BCUT2D eigenvalue weighted by atomic mass is 79.9. The fraction of sp³-hybridized carbons (Fsp3) is 0.462. The average molecular weight is 328 g/mol. The Morgan fingerprint density at radius 2 is 2.37 bits per heavy atom. The number of aliphatic hydroxyl groups excluding tert-OH is 1. The smallest absolute Gasteiger partial charge is 0.124 e. The van der Waals surface area contributed by atoms with Crippen LogP contribution in [-0.4, -0.2) is 42.8 Å². The Bertz CT molecular complexity index is 481. The van der Waals surface area contributed by atoms with E-state index in [1.54, 1.807) is 0 Å². The Morgan fingerprint density at radius 1 is 1.63 bits per heavy atom. The summed E-state index contributed by atoms with van der Waals surface area (Å²) in [6.45, 7) is 3.19. The van der Waals surface area contributed by atoms with Crippen LogP contribution in [-0.2, 0) is 4.74 Å². The predicted octanol–water partition coefficient (Wildman–Crippen LogP) is 1.32. The van der Waals surface area contributed by atoms with E-state index < -0.39 is 0 Å². The first-order chi connectivity index (χ1) is 9.02. The monoisotopic (exact) mass is 327 g/mol. The van der Waals surface area contributed by atoms with E-state index in [1.807, 2.05) is 18.2 Å². The molecule has 0 spiro atoms. The van der Waals surface area contributed by atoms with Crippen LogP contribution in [0.1, 0.15) is 12.5 Å². The van der Waals surface area contributed by atoms with E-state index in [1.165, 1.54) is 0 Å². The van der Waals surface area contributed by atoms with Crippen LogP contribution in [0.4, 0.5) is 5.69 Å². The number of amidine groups is 1. The number of nitrogens with two attached hydrogens (primary N) is 1. The molecule has 0 radical (unpaired) electrons. The molecule has 1 fully saturated rings. The molecular formula is C13H18BrN3O2. The molecule has 0 bridgehead atoms. The standard InChI is InChI=1S/C13H18BrN3O2/c1-8-7-19-10(6-18)5-17(8)12-4-9(14)2-3-11(12)13(15)16/h2-4,8,10,18H,5-7H2,1H3,(H3,15,16). The lowest BCUT2D eigenvalue weighted by atomic mass is 10.1. The number of anilines is 1. The van der Waals surface area contributed by atoms with Gasteiger partial charge in [0.15, 0.2) is 0 Å². The summed E-state index contributed by atoms with van der Waals surface area (Å²) < 4.78 is 6.47. The number of rotatable bonds is 3. The van der Waals surface area contributed by atoms with E-state index >= 15 is 0 Å². The molecule has 1 saturated heterocycles. The van der Waals surface area contributed by atoms with Gasteiger partial charge in [0.1, 0.15) is 5.84 Å².